The van der Waals surface area contributed by atoms with Gasteiger partial charge in [-0.2, -0.15) is 0 Å². The van der Waals surface area contributed by atoms with Gasteiger partial charge < -0.3 is 10.0 Å². The smallest absolute Gasteiger partial charge is 0.377 e. The van der Waals surface area contributed by atoms with Crippen molar-refractivity contribution in [1.29, 1.82) is 0 Å². The molecule has 4 heteroatoms. The lowest BCUT2D eigenvalue weighted by Crippen LogP contribution is -2.42. The molecule has 0 aromatic heterocycles. The molecule has 0 bridgehead atoms. The number of hydrogen-bond acceptors (Lipinski definition) is 3. The number of ketones is 1. The molecule has 1 saturated heterocycles. The van der Waals surface area contributed by atoms with Gasteiger partial charge in [0.2, 0.25) is 0 Å². The van der Waals surface area contributed by atoms with Crippen LogP contribution in [-0.2, 0) is 4.79 Å². The Balaban J connectivity index is 2.31. The second kappa shape index (κ2) is 4.06. The minimum Gasteiger partial charge on any atom is -0.475 e. The quantitative estimate of drug-likeness (QED) is 0.608. The average molecular weight is 219 g/mol. The van der Waals surface area contributed by atoms with Crippen molar-refractivity contribution in [3.63, 3.8) is 0 Å². The van der Waals surface area contributed by atoms with Gasteiger partial charge in [-0.3, -0.25) is 4.79 Å². The van der Waals surface area contributed by atoms with E-state index in [9.17, 15) is 9.59 Å². The summed E-state index contributed by atoms with van der Waals surface area (Å²) in [7, 11) is 2.00. The molecule has 2 rings (SSSR count). The fraction of sp³-hybridized carbons (Fsp3) is 0.333. The van der Waals surface area contributed by atoms with Gasteiger partial charge in [0.05, 0.1) is 0 Å². The second-order valence-corrected chi connectivity index (χ2v) is 4.14. The molecule has 0 unspecified atom stereocenters. The van der Waals surface area contributed by atoms with Gasteiger partial charge in [0.1, 0.15) is 0 Å². The van der Waals surface area contributed by atoms with E-state index < -0.39 is 11.8 Å². The highest BCUT2D eigenvalue weighted by atomic mass is 16.4. The number of carbonyl (C=O) groups is 2. The molecular formula is C12H13NO3. The molecular weight excluding hydrogens is 206 g/mol. The van der Waals surface area contributed by atoms with Gasteiger partial charge in [0.15, 0.2) is 0 Å². The van der Waals surface area contributed by atoms with Crippen molar-refractivity contribution in [3.05, 3.63) is 35.4 Å². The monoisotopic (exact) mass is 219 g/mol. The molecule has 84 valence electrons. The summed E-state index contributed by atoms with van der Waals surface area (Å²) in [6, 6.07) is 6.96. The van der Waals surface area contributed by atoms with Crippen LogP contribution in [0.25, 0.3) is 0 Å². The van der Waals surface area contributed by atoms with Gasteiger partial charge in [-0.15, -0.1) is 0 Å². The standard InChI is InChI=1S/C12H13NO3/c1-13-6-8(7-13)9-4-2-3-5-10(9)11(14)12(15)16/h2-5,8H,6-7H2,1H3,(H,15,16). The molecule has 0 saturated carbocycles. The van der Waals surface area contributed by atoms with Crippen LogP contribution in [0.5, 0.6) is 0 Å². The van der Waals surface area contributed by atoms with E-state index in [-0.39, 0.29) is 5.92 Å². The average Bonchev–Trinajstić information content (AvgIpc) is 2.24. The van der Waals surface area contributed by atoms with Gasteiger partial charge in [0.25, 0.3) is 5.78 Å². The van der Waals surface area contributed by atoms with Crippen LogP contribution >= 0.6 is 0 Å². The molecule has 1 heterocycles. The number of likely N-dealkylation sites (tertiary alicyclic amines) is 1. The predicted octanol–water partition coefficient (Wildman–Crippen LogP) is 0.983. The van der Waals surface area contributed by atoms with Crippen LogP contribution in [0.15, 0.2) is 24.3 Å². The molecule has 0 spiro atoms. The van der Waals surface area contributed by atoms with Crippen LogP contribution in [0.3, 0.4) is 0 Å². The van der Waals surface area contributed by atoms with Crippen LogP contribution in [0.4, 0.5) is 0 Å². The minimum atomic E-state index is -1.39. The predicted molar refractivity (Wildman–Crippen MR) is 58.6 cm³/mol. The topological polar surface area (TPSA) is 57.6 Å². The number of likely N-dealkylation sites (N-methyl/N-ethyl adjacent to an activating group) is 1. The lowest BCUT2D eigenvalue weighted by Gasteiger charge is -2.37. The Labute approximate surface area is 93.5 Å². The first-order valence-corrected chi connectivity index (χ1v) is 5.14. The van der Waals surface area contributed by atoms with Crippen molar-refractivity contribution in [2.24, 2.45) is 0 Å². The van der Waals surface area contributed by atoms with Gasteiger partial charge in [-0.05, 0) is 12.6 Å². The number of rotatable bonds is 3. The Bertz CT molecular complexity index is 436. The lowest BCUT2D eigenvalue weighted by atomic mass is 9.87. The molecule has 1 aromatic rings. The highest BCUT2D eigenvalue weighted by Crippen LogP contribution is 2.28. The fourth-order valence-corrected chi connectivity index (χ4v) is 2.07. The zero-order chi connectivity index (χ0) is 11.7. The third kappa shape index (κ3) is 1.84. The zero-order valence-electron chi connectivity index (χ0n) is 9.01. The number of hydrogen-bond donors (Lipinski definition) is 1. The summed E-state index contributed by atoms with van der Waals surface area (Å²) in [6.45, 7) is 1.76. The number of carbonyl (C=O) groups excluding carboxylic acids is 1. The molecule has 1 fully saturated rings. The summed E-state index contributed by atoms with van der Waals surface area (Å²) in [6.07, 6.45) is 0. The zero-order valence-corrected chi connectivity index (χ0v) is 9.01. The summed E-state index contributed by atoms with van der Waals surface area (Å²) in [4.78, 5) is 24.3. The number of nitrogens with zero attached hydrogens (tertiary/aromatic N) is 1. The van der Waals surface area contributed by atoms with Crippen molar-refractivity contribution < 1.29 is 14.7 Å². The first-order chi connectivity index (χ1) is 7.59. The molecule has 1 aliphatic heterocycles. The third-order valence-corrected chi connectivity index (χ3v) is 2.90. The van der Waals surface area contributed by atoms with Gasteiger partial charge >= 0.3 is 5.97 Å². The van der Waals surface area contributed by atoms with E-state index in [1.165, 1.54) is 0 Å². The Morgan fingerprint density at radius 3 is 2.50 bits per heavy atom. The summed E-state index contributed by atoms with van der Waals surface area (Å²) in [5, 5.41) is 8.72. The van der Waals surface area contributed by atoms with Crippen LogP contribution in [-0.4, -0.2) is 41.9 Å². The normalized spacial score (nSPS) is 16.8. The van der Waals surface area contributed by atoms with E-state index in [0.29, 0.717) is 5.56 Å². The number of carboxylic acids is 1. The molecule has 1 N–H and O–H groups in total. The maximum Gasteiger partial charge on any atom is 0.377 e. The maximum absolute atomic E-state index is 11.5. The molecule has 4 nitrogen and oxygen atoms in total. The first-order valence-electron chi connectivity index (χ1n) is 5.14. The number of benzene rings is 1. The van der Waals surface area contributed by atoms with Crippen LogP contribution in [0.2, 0.25) is 0 Å². The second-order valence-electron chi connectivity index (χ2n) is 4.14. The SMILES string of the molecule is CN1CC(c2ccccc2C(=O)C(=O)O)C1. The third-order valence-electron chi connectivity index (χ3n) is 2.90. The Hall–Kier alpha value is -1.68. The highest BCUT2D eigenvalue weighted by molar-refractivity contribution is 6.40. The van der Waals surface area contributed by atoms with E-state index >= 15 is 0 Å². The van der Waals surface area contributed by atoms with E-state index in [1.54, 1.807) is 12.1 Å². The molecule has 16 heavy (non-hydrogen) atoms. The molecule has 0 atom stereocenters. The Kier molecular flexibility index (Phi) is 2.75. The lowest BCUT2D eigenvalue weighted by molar-refractivity contribution is -0.131. The van der Waals surface area contributed by atoms with Crippen LogP contribution in [0, 0.1) is 0 Å². The molecule has 0 radical (unpaired) electrons. The van der Waals surface area contributed by atoms with Crippen molar-refractivity contribution in [2.75, 3.05) is 20.1 Å². The minimum absolute atomic E-state index is 0.282. The summed E-state index contributed by atoms with van der Waals surface area (Å²) < 4.78 is 0. The van der Waals surface area contributed by atoms with Crippen LogP contribution in [0.1, 0.15) is 21.8 Å². The van der Waals surface area contributed by atoms with Crippen molar-refractivity contribution in [1.82, 2.24) is 4.90 Å². The highest BCUT2D eigenvalue weighted by Gasteiger charge is 2.29. The number of aliphatic carboxylic acids is 1. The first kappa shape index (κ1) is 10.8. The summed E-state index contributed by atoms with van der Waals surface area (Å²) in [5.41, 5.74) is 1.18. The summed E-state index contributed by atoms with van der Waals surface area (Å²) >= 11 is 0. The van der Waals surface area contributed by atoms with Crippen molar-refractivity contribution in [2.45, 2.75) is 5.92 Å². The van der Waals surface area contributed by atoms with Gasteiger partial charge in [0, 0.05) is 24.6 Å². The van der Waals surface area contributed by atoms with E-state index in [4.69, 9.17) is 5.11 Å². The van der Waals surface area contributed by atoms with E-state index in [0.717, 1.165) is 18.7 Å². The van der Waals surface area contributed by atoms with Crippen molar-refractivity contribution >= 4 is 11.8 Å². The Morgan fingerprint density at radius 1 is 1.31 bits per heavy atom. The van der Waals surface area contributed by atoms with E-state index in [1.807, 2.05) is 19.2 Å². The largest absolute Gasteiger partial charge is 0.475 e. The molecule has 1 aliphatic rings. The van der Waals surface area contributed by atoms with Crippen molar-refractivity contribution in [3.8, 4) is 0 Å². The fourth-order valence-electron chi connectivity index (χ4n) is 2.07. The van der Waals surface area contributed by atoms with Crippen LogP contribution < -0.4 is 0 Å². The summed E-state index contributed by atoms with van der Waals surface area (Å²) in [5.74, 6) is -1.92. The van der Waals surface area contributed by atoms with E-state index in [2.05, 4.69) is 4.90 Å². The Morgan fingerprint density at radius 2 is 1.94 bits per heavy atom. The molecule has 1 aromatic carbocycles. The molecule has 0 aliphatic carbocycles. The maximum atomic E-state index is 11.5. The number of Topliss-reactive ketones (excluding diaryl/α,β-unsaturated/α-hetero) is 1. The van der Waals surface area contributed by atoms with Gasteiger partial charge in [-0.25, -0.2) is 4.79 Å². The number of carboxylic acid groups (broad SMARTS) is 1. The molecule has 0 amide bonds. The van der Waals surface area contributed by atoms with Gasteiger partial charge in [-0.1, -0.05) is 24.3 Å².